The summed E-state index contributed by atoms with van der Waals surface area (Å²) in [6.45, 7) is 3.12. The van der Waals surface area contributed by atoms with Crippen LogP contribution in [0.15, 0.2) is 6.07 Å². The Balaban J connectivity index is 3.01. The van der Waals surface area contributed by atoms with Gasteiger partial charge in [0.25, 0.3) is 0 Å². The van der Waals surface area contributed by atoms with Gasteiger partial charge in [-0.2, -0.15) is 0 Å². The Morgan fingerprint density at radius 2 is 1.84 bits per heavy atom. The summed E-state index contributed by atoms with van der Waals surface area (Å²) < 4.78 is 0. The highest BCUT2D eigenvalue weighted by atomic mass is 35.5. The van der Waals surface area contributed by atoms with Gasteiger partial charge in [0.2, 0.25) is 0 Å². The van der Waals surface area contributed by atoms with Crippen molar-refractivity contribution < 1.29 is 5.11 Å². The average Bonchev–Trinajstić information content (AvgIpc) is 2.28. The number of benzene rings is 1. The summed E-state index contributed by atoms with van der Waals surface area (Å²) in [6.07, 6.45) is 0. The summed E-state index contributed by atoms with van der Waals surface area (Å²) in [7, 11) is 17.8. The van der Waals surface area contributed by atoms with E-state index >= 15 is 0 Å². The molecule has 3 N–H and O–H groups in total. The van der Waals surface area contributed by atoms with Crippen LogP contribution in [-0.4, -0.2) is 33.6 Å². The fraction of sp³-hybridized carbons (Fsp3) is 0.250. The molecular weight excluding hydrogens is 256 g/mol. The average molecular weight is 266 g/mol. The first-order valence-electron chi connectivity index (χ1n) is 5.59. The normalized spacial score (nSPS) is 12.0. The largest absolute Gasteiger partial charge is 0.398 e. The van der Waals surface area contributed by atoms with Gasteiger partial charge >= 0.3 is 0 Å². The summed E-state index contributed by atoms with van der Waals surface area (Å²) >= 11 is 5.97. The molecule has 0 atom stereocenters. The molecule has 0 saturated carbocycles. The van der Waals surface area contributed by atoms with Gasteiger partial charge in [-0.05, 0) is 25.3 Å². The molecule has 0 saturated heterocycles. The lowest BCUT2D eigenvalue weighted by atomic mass is 9.77. The predicted octanol–water partition coefficient (Wildman–Crippen LogP) is -0.921. The summed E-state index contributed by atoms with van der Waals surface area (Å²) in [4.78, 5) is 4.29. The number of fused-ring (bicyclic) bond motifs is 1. The molecule has 2 aromatic rings. The topological polar surface area (TPSA) is 59.1 Å². The fourth-order valence-corrected chi connectivity index (χ4v) is 2.18. The Bertz CT molecular complexity index is 683. The zero-order valence-electron chi connectivity index (χ0n) is 10.7. The van der Waals surface area contributed by atoms with Gasteiger partial charge in [0.05, 0.1) is 11.2 Å². The van der Waals surface area contributed by atoms with Crippen molar-refractivity contribution in [1.29, 1.82) is 0 Å². The number of halogens is 1. The van der Waals surface area contributed by atoms with Crippen LogP contribution in [0.3, 0.4) is 0 Å². The van der Waals surface area contributed by atoms with Gasteiger partial charge in [0.15, 0.2) is 0 Å². The number of hydrogen-bond acceptors (Lipinski definition) is 3. The number of pyridine rings is 1. The van der Waals surface area contributed by atoms with Crippen molar-refractivity contribution in [2.75, 3.05) is 5.73 Å². The maximum absolute atomic E-state index is 10.1. The third kappa shape index (κ3) is 2.23. The first-order chi connectivity index (χ1) is 8.64. The predicted molar refractivity (Wildman–Crippen MR) is 82.6 cm³/mol. The Morgan fingerprint density at radius 3 is 2.37 bits per heavy atom. The van der Waals surface area contributed by atoms with Gasteiger partial charge in [-0.15, -0.1) is 0 Å². The standard InChI is InChI=1S/C12H10B3ClN2O/c1-12(2,19)11-9(17)8(15)6-7(14)5(16)3-4(13)10(6)18-11/h3,19H,17H2,1-2H3. The van der Waals surface area contributed by atoms with E-state index in [1.165, 1.54) is 6.07 Å². The highest BCUT2D eigenvalue weighted by molar-refractivity contribution is 6.57. The summed E-state index contributed by atoms with van der Waals surface area (Å²) in [5, 5.41) is 10.8. The lowest BCUT2D eigenvalue weighted by Crippen LogP contribution is -2.30. The highest BCUT2D eigenvalue weighted by Gasteiger charge is 2.24. The minimum Gasteiger partial charge on any atom is -0.398 e. The molecule has 3 nitrogen and oxygen atoms in total. The van der Waals surface area contributed by atoms with Crippen LogP contribution in [0.2, 0.25) is 5.02 Å². The number of anilines is 1. The molecule has 0 unspecified atom stereocenters. The molecule has 19 heavy (non-hydrogen) atoms. The number of aliphatic hydroxyl groups is 1. The lowest BCUT2D eigenvalue weighted by Gasteiger charge is -2.23. The molecule has 90 valence electrons. The van der Waals surface area contributed by atoms with Gasteiger partial charge in [-0.1, -0.05) is 28.0 Å². The van der Waals surface area contributed by atoms with E-state index in [1.807, 2.05) is 0 Å². The molecule has 0 amide bonds. The molecule has 0 aliphatic heterocycles. The van der Waals surface area contributed by atoms with Gasteiger partial charge in [-0.3, -0.25) is 0 Å². The van der Waals surface area contributed by atoms with Crippen LogP contribution in [0.4, 0.5) is 5.69 Å². The Labute approximate surface area is 120 Å². The first-order valence-corrected chi connectivity index (χ1v) is 5.97. The molecule has 1 heterocycles. The fourth-order valence-electron chi connectivity index (χ4n) is 1.97. The SMILES string of the molecule is [B]c1cc(Cl)c([B])c2c([B])c(N)c(C(C)(C)O)nc12. The Kier molecular flexibility index (Phi) is 3.35. The number of nitrogen functional groups attached to an aromatic ring is 1. The zero-order valence-corrected chi connectivity index (χ0v) is 11.4. The van der Waals surface area contributed by atoms with Crippen molar-refractivity contribution in [3.63, 3.8) is 0 Å². The van der Waals surface area contributed by atoms with Crippen LogP contribution >= 0.6 is 11.6 Å². The molecule has 2 rings (SSSR count). The van der Waals surface area contributed by atoms with E-state index in [9.17, 15) is 5.11 Å². The van der Waals surface area contributed by atoms with Crippen LogP contribution in [0.25, 0.3) is 10.9 Å². The lowest BCUT2D eigenvalue weighted by molar-refractivity contribution is 0.0751. The minimum atomic E-state index is -1.24. The number of rotatable bonds is 1. The van der Waals surface area contributed by atoms with Crippen molar-refractivity contribution in [3.05, 3.63) is 16.8 Å². The first kappa shape index (κ1) is 14.3. The van der Waals surface area contributed by atoms with E-state index < -0.39 is 5.60 Å². The highest BCUT2D eigenvalue weighted by Crippen LogP contribution is 2.24. The minimum absolute atomic E-state index is 0.174. The number of nitrogens with zero attached hydrogens (tertiary/aromatic N) is 1. The quantitative estimate of drug-likeness (QED) is 0.656. The van der Waals surface area contributed by atoms with Crippen molar-refractivity contribution >= 4 is 68.1 Å². The van der Waals surface area contributed by atoms with Gasteiger partial charge in [0, 0.05) is 10.7 Å². The molecular formula is C12H10B3ClN2O. The van der Waals surface area contributed by atoms with E-state index in [0.29, 0.717) is 16.4 Å². The zero-order chi connectivity index (χ0) is 14.5. The smallest absolute Gasteiger partial charge is 0.117 e. The Hall–Kier alpha value is -1.13. The van der Waals surface area contributed by atoms with E-state index in [4.69, 9.17) is 40.9 Å². The molecule has 1 aromatic heterocycles. The second-order valence-electron chi connectivity index (χ2n) is 4.93. The molecule has 0 fully saturated rings. The number of hydrogen-bond donors (Lipinski definition) is 2. The third-order valence-electron chi connectivity index (χ3n) is 2.94. The van der Waals surface area contributed by atoms with Gasteiger partial charge < -0.3 is 10.8 Å². The van der Waals surface area contributed by atoms with Crippen LogP contribution in [0.5, 0.6) is 0 Å². The monoisotopic (exact) mass is 266 g/mol. The van der Waals surface area contributed by atoms with E-state index in [2.05, 4.69) is 4.98 Å². The van der Waals surface area contributed by atoms with Crippen molar-refractivity contribution in [2.24, 2.45) is 0 Å². The second kappa shape index (κ2) is 4.46. The molecule has 0 bridgehead atoms. The second-order valence-corrected chi connectivity index (χ2v) is 5.34. The molecule has 0 spiro atoms. The number of nitrogens with two attached hydrogens (primary N) is 1. The maximum atomic E-state index is 10.1. The Morgan fingerprint density at radius 1 is 1.26 bits per heavy atom. The van der Waals surface area contributed by atoms with Gasteiger partial charge in [-0.25, -0.2) is 4.98 Å². The van der Waals surface area contributed by atoms with Crippen LogP contribution in [-0.2, 0) is 5.60 Å². The molecule has 0 aliphatic rings. The van der Waals surface area contributed by atoms with Crippen LogP contribution in [0, 0.1) is 0 Å². The van der Waals surface area contributed by atoms with Crippen LogP contribution < -0.4 is 22.1 Å². The van der Waals surface area contributed by atoms with Crippen molar-refractivity contribution in [3.8, 4) is 0 Å². The molecule has 7 heteroatoms. The van der Waals surface area contributed by atoms with Gasteiger partial charge in [0.1, 0.15) is 29.1 Å². The number of aromatic nitrogens is 1. The molecule has 6 radical (unpaired) electrons. The summed E-state index contributed by atoms with van der Waals surface area (Å²) in [5.41, 5.74) is 6.29. The van der Waals surface area contributed by atoms with E-state index in [1.54, 1.807) is 13.8 Å². The maximum Gasteiger partial charge on any atom is 0.117 e. The van der Waals surface area contributed by atoms with E-state index in [0.717, 1.165) is 0 Å². The van der Waals surface area contributed by atoms with Crippen molar-refractivity contribution in [2.45, 2.75) is 19.4 Å². The summed E-state index contributed by atoms with van der Waals surface area (Å²) in [5.74, 6) is 0. The van der Waals surface area contributed by atoms with Crippen molar-refractivity contribution in [1.82, 2.24) is 4.98 Å². The molecule has 0 aliphatic carbocycles. The summed E-state index contributed by atoms with van der Waals surface area (Å²) in [6, 6.07) is 1.50. The van der Waals surface area contributed by atoms with Crippen LogP contribution in [0.1, 0.15) is 19.5 Å². The van der Waals surface area contributed by atoms with E-state index in [-0.39, 0.29) is 27.3 Å². The molecule has 1 aromatic carbocycles. The third-order valence-corrected chi connectivity index (χ3v) is 3.25.